The average Bonchev–Trinajstić information content (AvgIpc) is 3.01. The van der Waals surface area contributed by atoms with Crippen molar-refractivity contribution in [2.24, 2.45) is 0 Å². The van der Waals surface area contributed by atoms with Gasteiger partial charge in [-0.1, -0.05) is 18.2 Å². The summed E-state index contributed by atoms with van der Waals surface area (Å²) in [6.45, 7) is 1.80. The zero-order valence-electron chi connectivity index (χ0n) is 9.46. The van der Waals surface area contributed by atoms with Crippen LogP contribution in [0.25, 0.3) is 11.0 Å². The van der Waals surface area contributed by atoms with Gasteiger partial charge in [0.1, 0.15) is 5.58 Å². The topological polar surface area (TPSA) is 34.8 Å². The Balaban J connectivity index is 1.88. The van der Waals surface area contributed by atoms with E-state index in [1.807, 2.05) is 30.3 Å². The van der Waals surface area contributed by atoms with Gasteiger partial charge in [-0.3, -0.25) is 0 Å². The first-order chi connectivity index (χ1) is 8.38. The lowest BCUT2D eigenvalue weighted by atomic mass is 9.68. The molecule has 17 heavy (non-hydrogen) atoms. The Labute approximate surface area is 99.1 Å². The van der Waals surface area contributed by atoms with Gasteiger partial charge in [-0.25, -0.2) is 0 Å². The van der Waals surface area contributed by atoms with Crippen molar-refractivity contribution >= 4 is 23.3 Å². The minimum atomic E-state index is -1.50. The van der Waals surface area contributed by atoms with Crippen LogP contribution in [-0.4, -0.2) is 37.8 Å². The summed E-state index contributed by atoms with van der Waals surface area (Å²) in [6.07, 6.45) is 0. The van der Waals surface area contributed by atoms with E-state index < -0.39 is 6.69 Å². The van der Waals surface area contributed by atoms with Crippen LogP contribution in [0, 0.1) is 0 Å². The first-order valence-electron chi connectivity index (χ1n) is 6.04. The van der Waals surface area contributed by atoms with Crippen molar-refractivity contribution < 1.29 is 13.7 Å². The molecule has 0 spiro atoms. The van der Waals surface area contributed by atoms with Crippen molar-refractivity contribution in [1.29, 1.82) is 0 Å². The van der Waals surface area contributed by atoms with Gasteiger partial charge in [-0.15, -0.1) is 0 Å². The van der Waals surface area contributed by atoms with Gasteiger partial charge < -0.3 is 18.5 Å². The molecule has 4 rings (SSSR count). The van der Waals surface area contributed by atoms with E-state index in [-0.39, 0.29) is 0 Å². The lowest BCUT2D eigenvalue weighted by Crippen LogP contribution is -2.57. The Bertz CT molecular complexity index is 525. The number of nitrogens with zero attached hydrogens (tertiary/aromatic N) is 1. The second-order valence-electron chi connectivity index (χ2n) is 4.64. The van der Waals surface area contributed by atoms with Crippen LogP contribution in [-0.2, 0) is 9.31 Å². The highest BCUT2D eigenvalue weighted by atomic mass is 16.6. The van der Waals surface area contributed by atoms with Crippen LogP contribution in [0.3, 0.4) is 0 Å². The number of benzene rings is 1. The number of hydrogen-bond donors (Lipinski definition) is 0. The molecule has 0 amide bonds. The maximum Gasteiger partial charge on any atom is 0.382 e. The van der Waals surface area contributed by atoms with E-state index in [2.05, 4.69) is 4.81 Å². The standard InChI is InChI=1S/C12H13BNO3/c1-2-4-11-10(3-1)9-12(17-11)13-14(5-7-15-13)6-8-16-13/h1-4,9H,5-8H2/q-1. The van der Waals surface area contributed by atoms with E-state index in [1.165, 1.54) is 0 Å². The van der Waals surface area contributed by atoms with Crippen LogP contribution < -0.4 is 5.66 Å². The number of para-hydroxylation sites is 1. The van der Waals surface area contributed by atoms with Crippen molar-refractivity contribution in [3.63, 3.8) is 0 Å². The van der Waals surface area contributed by atoms with Crippen LogP contribution in [0.4, 0.5) is 0 Å². The monoisotopic (exact) mass is 230 g/mol. The molecule has 1 aromatic heterocycles. The Morgan fingerprint density at radius 3 is 2.59 bits per heavy atom. The van der Waals surface area contributed by atoms with Gasteiger partial charge in [-0.05, 0) is 25.2 Å². The van der Waals surface area contributed by atoms with Crippen LogP contribution in [0.2, 0.25) is 0 Å². The largest absolute Gasteiger partial charge is 0.548 e. The van der Waals surface area contributed by atoms with E-state index >= 15 is 0 Å². The van der Waals surface area contributed by atoms with Gasteiger partial charge >= 0.3 is 6.69 Å². The van der Waals surface area contributed by atoms with Gasteiger partial charge in [0.2, 0.25) is 0 Å². The molecular formula is C12H13BNO3-. The smallest absolute Gasteiger partial charge is 0.382 e. The molecular weight excluding hydrogens is 217 g/mol. The minimum absolute atomic E-state index is 0.719. The molecule has 0 radical (unpaired) electrons. The number of hydrogen-bond acceptors (Lipinski definition) is 4. The lowest BCUT2D eigenvalue weighted by molar-refractivity contribution is 0.228. The van der Waals surface area contributed by atoms with Crippen LogP contribution >= 0.6 is 0 Å². The van der Waals surface area contributed by atoms with Crippen molar-refractivity contribution in [3.05, 3.63) is 30.3 Å². The van der Waals surface area contributed by atoms with Crippen molar-refractivity contribution in [2.75, 3.05) is 26.3 Å². The molecule has 0 unspecified atom stereocenters. The Kier molecular flexibility index (Phi) is 1.91. The Hall–Kier alpha value is -1.30. The van der Waals surface area contributed by atoms with Crippen LogP contribution in [0.15, 0.2) is 34.7 Å². The molecule has 88 valence electrons. The average molecular weight is 230 g/mol. The summed E-state index contributed by atoms with van der Waals surface area (Å²) < 4.78 is 17.6. The molecule has 0 atom stereocenters. The predicted octanol–water partition coefficient (Wildman–Crippen LogP) is 0.941. The molecule has 2 aromatic rings. The molecule has 0 saturated carbocycles. The fourth-order valence-electron chi connectivity index (χ4n) is 2.90. The lowest BCUT2D eigenvalue weighted by Gasteiger charge is -2.34. The van der Waals surface area contributed by atoms with E-state index in [4.69, 9.17) is 13.7 Å². The van der Waals surface area contributed by atoms with Gasteiger partial charge in [0.05, 0.1) is 0 Å². The van der Waals surface area contributed by atoms with Gasteiger partial charge in [-0.2, -0.15) is 0 Å². The molecule has 1 aromatic carbocycles. The highest BCUT2D eigenvalue weighted by Crippen LogP contribution is 2.27. The van der Waals surface area contributed by atoms with E-state index in [0.717, 1.165) is 42.9 Å². The maximum absolute atomic E-state index is 5.89. The molecule has 4 nitrogen and oxygen atoms in total. The zero-order chi connectivity index (χ0) is 11.3. The van der Waals surface area contributed by atoms with Gasteiger partial charge in [0.25, 0.3) is 0 Å². The third-order valence-electron chi connectivity index (χ3n) is 3.73. The molecule has 2 fully saturated rings. The first-order valence-corrected chi connectivity index (χ1v) is 6.04. The van der Waals surface area contributed by atoms with Crippen molar-refractivity contribution in [3.8, 4) is 0 Å². The molecule has 3 heterocycles. The first kappa shape index (κ1) is 9.71. The third kappa shape index (κ3) is 1.24. The molecule has 5 heteroatoms. The minimum Gasteiger partial charge on any atom is -0.548 e. The summed E-state index contributed by atoms with van der Waals surface area (Å²) in [4.78, 5) is 2.25. The Morgan fingerprint density at radius 1 is 1.06 bits per heavy atom. The summed E-state index contributed by atoms with van der Waals surface area (Å²) in [5.41, 5.74) is 1.71. The molecule has 0 bridgehead atoms. The van der Waals surface area contributed by atoms with E-state index in [1.54, 1.807) is 0 Å². The maximum atomic E-state index is 5.89. The number of furan rings is 1. The fraction of sp³-hybridized carbons (Fsp3) is 0.333. The zero-order valence-corrected chi connectivity index (χ0v) is 9.46. The molecule has 2 aliphatic rings. The second kappa shape index (κ2) is 3.35. The summed E-state index contributed by atoms with van der Waals surface area (Å²) >= 11 is 0. The van der Waals surface area contributed by atoms with Gasteiger partial charge in [0.15, 0.2) is 0 Å². The van der Waals surface area contributed by atoms with Crippen molar-refractivity contribution in [1.82, 2.24) is 4.81 Å². The summed E-state index contributed by atoms with van der Waals surface area (Å²) in [5, 5.41) is 1.10. The molecule has 2 aliphatic heterocycles. The molecule has 0 aliphatic carbocycles. The van der Waals surface area contributed by atoms with E-state index in [0.29, 0.717) is 0 Å². The fourth-order valence-corrected chi connectivity index (χ4v) is 2.90. The normalized spacial score (nSPS) is 23.3. The van der Waals surface area contributed by atoms with E-state index in [9.17, 15) is 0 Å². The quantitative estimate of drug-likeness (QED) is 0.683. The SMILES string of the molecule is c1ccc2oc([B-]34OCCN3CCO4)cc2c1. The molecule has 0 N–H and O–H groups in total. The highest BCUT2D eigenvalue weighted by Gasteiger charge is 2.46. The number of fused-ring (bicyclic) bond motifs is 2. The third-order valence-corrected chi connectivity index (χ3v) is 3.73. The molecule has 2 saturated heterocycles. The summed E-state index contributed by atoms with van der Waals surface area (Å²) in [7, 11) is 0. The predicted molar refractivity (Wildman–Crippen MR) is 65.1 cm³/mol. The summed E-state index contributed by atoms with van der Waals surface area (Å²) in [5.74, 6) is 0. The summed E-state index contributed by atoms with van der Waals surface area (Å²) in [6, 6.07) is 10.0. The van der Waals surface area contributed by atoms with Crippen LogP contribution in [0.5, 0.6) is 0 Å². The highest BCUT2D eigenvalue weighted by molar-refractivity contribution is 6.78. The second-order valence-corrected chi connectivity index (χ2v) is 4.64. The Morgan fingerprint density at radius 2 is 1.82 bits per heavy atom. The number of rotatable bonds is 1. The van der Waals surface area contributed by atoms with Crippen molar-refractivity contribution in [2.45, 2.75) is 0 Å². The van der Waals surface area contributed by atoms with Gasteiger partial charge in [0, 0.05) is 24.3 Å². The van der Waals surface area contributed by atoms with Crippen LogP contribution in [0.1, 0.15) is 0 Å².